The molecule has 1 heterocycles. The summed E-state index contributed by atoms with van der Waals surface area (Å²) in [5.74, 6) is 1.32. The molecule has 5 N–H and O–H groups in total. The summed E-state index contributed by atoms with van der Waals surface area (Å²) in [6.07, 6.45) is 2.01. The highest BCUT2D eigenvalue weighted by atomic mass is 16.5. The van der Waals surface area contributed by atoms with Gasteiger partial charge in [0.05, 0.1) is 20.3 Å². The second kappa shape index (κ2) is 7.79. The molecule has 164 valence electrons. The molecule has 0 aromatic heterocycles. The number of nitrogen functional groups attached to an aromatic ring is 1. The molecule has 6 heteroatoms. The van der Waals surface area contributed by atoms with E-state index in [-0.39, 0.29) is 29.5 Å². The normalized spacial score (nSPS) is 20.9. The zero-order valence-electron chi connectivity index (χ0n) is 18.2. The molecule has 3 unspecified atom stereocenters. The van der Waals surface area contributed by atoms with Gasteiger partial charge in [0.2, 0.25) is 5.75 Å². The van der Waals surface area contributed by atoms with Crippen LogP contribution in [0.4, 0.5) is 5.69 Å². The molecule has 6 nitrogen and oxygen atoms in total. The highest BCUT2D eigenvalue weighted by Gasteiger charge is 2.41. The van der Waals surface area contributed by atoms with Crippen LogP contribution in [0.5, 0.6) is 17.2 Å². The molecule has 0 saturated carbocycles. The van der Waals surface area contributed by atoms with E-state index in [0.717, 1.165) is 29.7 Å². The molecule has 0 fully saturated rings. The van der Waals surface area contributed by atoms with Crippen molar-refractivity contribution in [1.82, 2.24) is 0 Å². The van der Waals surface area contributed by atoms with E-state index < -0.39 is 0 Å². The Balaban J connectivity index is 1.69. The maximum Gasteiger partial charge on any atom is 0.200 e. The van der Waals surface area contributed by atoms with Gasteiger partial charge in [-0.2, -0.15) is 0 Å². The van der Waals surface area contributed by atoms with Gasteiger partial charge in [-0.15, -0.1) is 0 Å². The molecule has 2 aliphatic rings. The standard InChI is InChI=1S/C26H27N3O3/c1-31-21-12-16(13-22(32-2)25(21)30)24-18-9-7-14-5-3-4-6-17(14)23(18)19-11-15(26(27)28)8-10-20(19)29-24/h3-6,8,10-13,18,23-24,29-30H,7,9H2,1-2H3,(H3,27,28). The van der Waals surface area contributed by atoms with E-state index in [9.17, 15) is 5.11 Å². The Kier molecular flexibility index (Phi) is 4.93. The first-order valence-corrected chi connectivity index (χ1v) is 10.8. The predicted octanol–water partition coefficient (Wildman–Crippen LogP) is 4.55. The Morgan fingerprint density at radius 3 is 2.44 bits per heavy atom. The van der Waals surface area contributed by atoms with Crippen molar-refractivity contribution >= 4 is 11.5 Å². The first kappa shape index (κ1) is 20.2. The van der Waals surface area contributed by atoms with Crippen molar-refractivity contribution in [3.8, 4) is 17.2 Å². The third-order valence-electron chi connectivity index (χ3n) is 6.86. The molecule has 0 saturated heterocycles. The number of benzene rings is 3. The Morgan fingerprint density at radius 2 is 1.75 bits per heavy atom. The highest BCUT2D eigenvalue weighted by Crippen LogP contribution is 2.54. The summed E-state index contributed by atoms with van der Waals surface area (Å²) in [6.45, 7) is 0. The first-order chi connectivity index (χ1) is 15.5. The Hall–Kier alpha value is -3.67. The maximum absolute atomic E-state index is 10.4. The minimum atomic E-state index is 0.00611. The van der Waals surface area contributed by atoms with Crippen molar-refractivity contribution in [2.24, 2.45) is 11.7 Å². The van der Waals surface area contributed by atoms with Crippen molar-refractivity contribution in [3.05, 3.63) is 82.4 Å². The van der Waals surface area contributed by atoms with Crippen molar-refractivity contribution in [3.63, 3.8) is 0 Å². The molecule has 0 spiro atoms. The van der Waals surface area contributed by atoms with Gasteiger partial charge in [-0.25, -0.2) is 0 Å². The molecule has 1 aliphatic heterocycles. The number of nitrogens with one attached hydrogen (secondary N) is 2. The second-order valence-electron chi connectivity index (χ2n) is 8.49. The van der Waals surface area contributed by atoms with E-state index >= 15 is 0 Å². The quantitative estimate of drug-likeness (QED) is 0.360. The lowest BCUT2D eigenvalue weighted by molar-refractivity contribution is 0.329. The fourth-order valence-corrected chi connectivity index (χ4v) is 5.36. The number of nitrogens with two attached hydrogens (primary N) is 1. The lowest BCUT2D eigenvalue weighted by Crippen LogP contribution is -2.35. The average Bonchev–Trinajstić information content (AvgIpc) is 2.82. The van der Waals surface area contributed by atoms with Gasteiger partial charge in [0.25, 0.3) is 0 Å². The Bertz CT molecular complexity index is 1180. The zero-order chi connectivity index (χ0) is 22.4. The third-order valence-corrected chi connectivity index (χ3v) is 6.86. The largest absolute Gasteiger partial charge is 0.502 e. The summed E-state index contributed by atoms with van der Waals surface area (Å²) in [4.78, 5) is 0. The van der Waals surface area contributed by atoms with Crippen LogP contribution >= 0.6 is 0 Å². The molecule has 0 radical (unpaired) electrons. The number of aromatic hydroxyl groups is 1. The number of fused-ring (bicyclic) bond motifs is 5. The van der Waals surface area contributed by atoms with Gasteiger partial charge < -0.3 is 25.6 Å². The van der Waals surface area contributed by atoms with Crippen molar-refractivity contribution in [2.45, 2.75) is 24.8 Å². The third kappa shape index (κ3) is 3.14. The minimum absolute atomic E-state index is 0.00611. The number of phenols is 1. The van der Waals surface area contributed by atoms with Crippen LogP contribution in [-0.2, 0) is 6.42 Å². The van der Waals surface area contributed by atoms with E-state index in [1.54, 1.807) is 14.2 Å². The van der Waals surface area contributed by atoms with Crippen molar-refractivity contribution in [2.75, 3.05) is 19.5 Å². The number of amidine groups is 1. The predicted molar refractivity (Wildman–Crippen MR) is 125 cm³/mol. The fourth-order valence-electron chi connectivity index (χ4n) is 5.36. The van der Waals surface area contributed by atoms with Crippen LogP contribution in [0.3, 0.4) is 0 Å². The van der Waals surface area contributed by atoms with Crippen LogP contribution < -0.4 is 20.5 Å². The van der Waals surface area contributed by atoms with E-state index in [1.165, 1.54) is 16.7 Å². The number of anilines is 1. The summed E-state index contributed by atoms with van der Waals surface area (Å²) < 4.78 is 10.9. The summed E-state index contributed by atoms with van der Waals surface area (Å²) in [5.41, 5.74) is 12.5. The molecule has 3 aromatic carbocycles. The lowest BCUT2D eigenvalue weighted by Gasteiger charge is -2.45. The van der Waals surface area contributed by atoms with Gasteiger partial charge in [-0.3, -0.25) is 5.41 Å². The molecule has 3 aromatic rings. The highest BCUT2D eigenvalue weighted by molar-refractivity contribution is 5.95. The zero-order valence-corrected chi connectivity index (χ0v) is 18.2. The van der Waals surface area contributed by atoms with Crippen LogP contribution in [0.1, 0.15) is 46.2 Å². The molecule has 32 heavy (non-hydrogen) atoms. The summed E-state index contributed by atoms with van der Waals surface area (Å²) in [7, 11) is 3.09. The van der Waals surface area contributed by atoms with E-state index in [1.807, 2.05) is 24.3 Å². The fraction of sp³-hybridized carbons (Fsp3) is 0.269. The maximum atomic E-state index is 10.4. The smallest absolute Gasteiger partial charge is 0.200 e. The summed E-state index contributed by atoms with van der Waals surface area (Å²) in [6, 6.07) is 18.4. The van der Waals surface area contributed by atoms with E-state index in [2.05, 4.69) is 35.6 Å². The first-order valence-electron chi connectivity index (χ1n) is 10.8. The number of aryl methyl sites for hydroxylation is 1. The molecular weight excluding hydrogens is 402 g/mol. The van der Waals surface area contributed by atoms with Gasteiger partial charge >= 0.3 is 0 Å². The van der Waals surface area contributed by atoms with Crippen LogP contribution in [-0.4, -0.2) is 25.2 Å². The van der Waals surface area contributed by atoms with E-state index in [0.29, 0.717) is 11.5 Å². The monoisotopic (exact) mass is 429 g/mol. The number of methoxy groups -OCH3 is 2. The molecular formula is C26H27N3O3. The Labute approximate surface area is 187 Å². The number of rotatable bonds is 4. The lowest BCUT2D eigenvalue weighted by atomic mass is 9.65. The van der Waals surface area contributed by atoms with Crippen LogP contribution in [0.2, 0.25) is 0 Å². The van der Waals surface area contributed by atoms with Crippen molar-refractivity contribution < 1.29 is 14.6 Å². The summed E-state index contributed by atoms with van der Waals surface area (Å²) in [5, 5.41) is 22.1. The van der Waals surface area contributed by atoms with E-state index in [4.69, 9.17) is 20.6 Å². The molecule has 3 atom stereocenters. The number of hydrogen-bond acceptors (Lipinski definition) is 5. The van der Waals surface area contributed by atoms with Gasteiger partial charge in [-0.05, 0) is 71.3 Å². The van der Waals surface area contributed by atoms with Gasteiger partial charge in [0.1, 0.15) is 5.84 Å². The second-order valence-corrected chi connectivity index (χ2v) is 8.49. The molecule has 0 amide bonds. The van der Waals surface area contributed by atoms with Crippen LogP contribution in [0, 0.1) is 11.3 Å². The molecule has 0 bridgehead atoms. The topological polar surface area (TPSA) is 101 Å². The van der Waals surface area contributed by atoms with Crippen molar-refractivity contribution in [1.29, 1.82) is 5.41 Å². The van der Waals surface area contributed by atoms with Crippen LogP contribution in [0.25, 0.3) is 0 Å². The SMILES string of the molecule is COc1cc(C2Nc3ccc(C(=N)N)cc3C3c4ccccc4CCC23)cc(OC)c1O. The minimum Gasteiger partial charge on any atom is -0.502 e. The van der Waals surface area contributed by atoms with Crippen LogP contribution in [0.15, 0.2) is 54.6 Å². The Morgan fingerprint density at radius 1 is 1.03 bits per heavy atom. The number of hydrogen-bond donors (Lipinski definition) is 4. The number of ether oxygens (including phenoxy) is 2. The van der Waals surface area contributed by atoms with Gasteiger partial charge in [0, 0.05) is 17.2 Å². The van der Waals surface area contributed by atoms with Gasteiger partial charge in [-0.1, -0.05) is 24.3 Å². The number of phenolic OH excluding ortho intramolecular Hbond substituents is 1. The average molecular weight is 430 g/mol. The molecule has 1 aliphatic carbocycles. The molecule has 5 rings (SSSR count). The summed E-state index contributed by atoms with van der Waals surface area (Å²) >= 11 is 0. The van der Waals surface area contributed by atoms with Gasteiger partial charge in [0.15, 0.2) is 11.5 Å².